The fourth-order valence-corrected chi connectivity index (χ4v) is 2.39. The maximum absolute atomic E-state index is 5.97. The summed E-state index contributed by atoms with van der Waals surface area (Å²) in [7, 11) is 0. The predicted molar refractivity (Wildman–Crippen MR) is 94.7 cm³/mol. The van der Waals surface area contributed by atoms with Crippen molar-refractivity contribution in [2.24, 2.45) is 0 Å². The summed E-state index contributed by atoms with van der Waals surface area (Å²) in [6, 6.07) is 24.3. The van der Waals surface area contributed by atoms with Crippen LogP contribution in [0.1, 0.15) is 6.42 Å². The second-order valence-corrected chi connectivity index (χ2v) is 5.21. The molecule has 3 aromatic rings. The van der Waals surface area contributed by atoms with E-state index in [-0.39, 0.29) is 0 Å². The zero-order valence-corrected chi connectivity index (χ0v) is 13.0. The number of anilines is 1. The molecule has 0 atom stereocenters. The average molecular weight is 304 g/mol. The first-order valence-corrected chi connectivity index (χ1v) is 7.85. The molecule has 1 heterocycles. The van der Waals surface area contributed by atoms with E-state index in [9.17, 15) is 0 Å². The van der Waals surface area contributed by atoms with Gasteiger partial charge < -0.3 is 10.1 Å². The molecule has 0 aliphatic rings. The lowest BCUT2D eigenvalue weighted by molar-refractivity contribution is 0.316. The highest BCUT2D eigenvalue weighted by Gasteiger charge is 2.04. The van der Waals surface area contributed by atoms with Gasteiger partial charge in [0, 0.05) is 18.3 Å². The van der Waals surface area contributed by atoms with Gasteiger partial charge in [0.05, 0.1) is 6.61 Å². The largest absolute Gasteiger partial charge is 0.493 e. The van der Waals surface area contributed by atoms with Crippen molar-refractivity contribution in [3.05, 3.63) is 79.0 Å². The van der Waals surface area contributed by atoms with Gasteiger partial charge in [-0.15, -0.1) is 0 Å². The van der Waals surface area contributed by atoms with E-state index in [4.69, 9.17) is 4.74 Å². The number of hydrogen-bond donors (Lipinski definition) is 1. The van der Waals surface area contributed by atoms with Gasteiger partial charge in [-0.25, -0.2) is 4.98 Å². The lowest BCUT2D eigenvalue weighted by atomic mass is 10.1. The molecule has 1 N–H and O–H groups in total. The van der Waals surface area contributed by atoms with Crippen LogP contribution >= 0.6 is 0 Å². The molecule has 0 aliphatic heterocycles. The number of benzene rings is 2. The molecule has 0 saturated carbocycles. The first-order valence-electron chi connectivity index (χ1n) is 7.85. The average Bonchev–Trinajstić information content (AvgIpc) is 2.63. The third-order valence-electron chi connectivity index (χ3n) is 3.52. The lowest BCUT2D eigenvalue weighted by Gasteiger charge is -2.12. The van der Waals surface area contributed by atoms with Crippen molar-refractivity contribution in [2.45, 2.75) is 6.42 Å². The number of rotatable bonds is 7. The molecule has 0 spiro atoms. The number of pyridine rings is 1. The standard InChI is InChI=1S/C20H20N2O/c1-2-9-17(10-3-1)18-11-4-5-12-19(18)23-16-8-15-22-20-13-6-7-14-21-20/h1-7,9-14H,8,15-16H2,(H,21,22). The quantitative estimate of drug-likeness (QED) is 0.646. The minimum atomic E-state index is 0.670. The molecule has 3 rings (SSSR count). The number of nitrogens with one attached hydrogen (secondary N) is 1. The summed E-state index contributed by atoms with van der Waals surface area (Å²) in [5.74, 6) is 1.83. The molecule has 0 radical (unpaired) electrons. The van der Waals surface area contributed by atoms with Crippen molar-refractivity contribution in [3.63, 3.8) is 0 Å². The Kier molecular flexibility index (Phi) is 5.25. The molecule has 0 amide bonds. The SMILES string of the molecule is c1ccc(-c2ccccc2OCCCNc2ccccn2)cc1. The second-order valence-electron chi connectivity index (χ2n) is 5.21. The number of hydrogen-bond acceptors (Lipinski definition) is 3. The van der Waals surface area contributed by atoms with Crippen molar-refractivity contribution < 1.29 is 4.74 Å². The van der Waals surface area contributed by atoms with E-state index >= 15 is 0 Å². The van der Waals surface area contributed by atoms with Gasteiger partial charge in [0.1, 0.15) is 11.6 Å². The topological polar surface area (TPSA) is 34.1 Å². The first-order chi connectivity index (χ1) is 11.4. The van der Waals surface area contributed by atoms with Gasteiger partial charge >= 0.3 is 0 Å². The van der Waals surface area contributed by atoms with Crippen molar-refractivity contribution in [1.29, 1.82) is 0 Å². The summed E-state index contributed by atoms with van der Waals surface area (Å²) in [5.41, 5.74) is 2.31. The molecule has 0 aliphatic carbocycles. The van der Waals surface area contributed by atoms with Crippen LogP contribution in [0.25, 0.3) is 11.1 Å². The smallest absolute Gasteiger partial charge is 0.127 e. The van der Waals surface area contributed by atoms with Crippen molar-refractivity contribution in [2.75, 3.05) is 18.5 Å². The van der Waals surface area contributed by atoms with Crippen LogP contribution in [0, 0.1) is 0 Å². The highest BCUT2D eigenvalue weighted by atomic mass is 16.5. The van der Waals surface area contributed by atoms with E-state index in [2.05, 4.69) is 28.5 Å². The summed E-state index contributed by atoms with van der Waals surface area (Å²) in [6.45, 7) is 1.51. The Morgan fingerprint density at radius 1 is 0.826 bits per heavy atom. The van der Waals surface area contributed by atoms with E-state index in [1.807, 2.05) is 54.6 Å². The van der Waals surface area contributed by atoms with E-state index in [1.54, 1.807) is 6.20 Å². The number of nitrogens with zero attached hydrogens (tertiary/aromatic N) is 1. The van der Waals surface area contributed by atoms with Crippen molar-refractivity contribution in [3.8, 4) is 16.9 Å². The highest BCUT2D eigenvalue weighted by Crippen LogP contribution is 2.29. The van der Waals surface area contributed by atoms with Gasteiger partial charge in [0.2, 0.25) is 0 Å². The Morgan fingerprint density at radius 3 is 2.43 bits per heavy atom. The van der Waals surface area contributed by atoms with E-state index in [1.165, 1.54) is 5.56 Å². The van der Waals surface area contributed by atoms with Crippen LogP contribution in [0.5, 0.6) is 5.75 Å². The molecule has 1 aromatic heterocycles. The summed E-state index contributed by atoms with van der Waals surface area (Å²) in [6.07, 6.45) is 2.70. The maximum atomic E-state index is 5.97. The fraction of sp³-hybridized carbons (Fsp3) is 0.150. The zero-order chi connectivity index (χ0) is 15.7. The predicted octanol–water partition coefficient (Wildman–Crippen LogP) is 4.63. The Balaban J connectivity index is 1.53. The Morgan fingerprint density at radius 2 is 1.61 bits per heavy atom. The van der Waals surface area contributed by atoms with Gasteiger partial charge in [-0.1, -0.05) is 54.6 Å². The Labute approximate surface area is 137 Å². The van der Waals surface area contributed by atoms with Gasteiger partial charge in [-0.3, -0.25) is 0 Å². The van der Waals surface area contributed by atoms with Crippen LogP contribution in [-0.2, 0) is 0 Å². The third-order valence-corrected chi connectivity index (χ3v) is 3.52. The van der Waals surface area contributed by atoms with Crippen LogP contribution in [0.4, 0.5) is 5.82 Å². The van der Waals surface area contributed by atoms with Crippen molar-refractivity contribution in [1.82, 2.24) is 4.98 Å². The monoisotopic (exact) mass is 304 g/mol. The lowest BCUT2D eigenvalue weighted by Crippen LogP contribution is -2.08. The van der Waals surface area contributed by atoms with Gasteiger partial charge in [-0.2, -0.15) is 0 Å². The molecule has 0 saturated heterocycles. The van der Waals surface area contributed by atoms with Crippen molar-refractivity contribution >= 4 is 5.82 Å². The molecule has 0 unspecified atom stereocenters. The molecule has 2 aromatic carbocycles. The summed E-state index contributed by atoms with van der Waals surface area (Å²) < 4.78 is 5.97. The van der Waals surface area contributed by atoms with Crippen LogP contribution in [-0.4, -0.2) is 18.1 Å². The normalized spacial score (nSPS) is 10.3. The third kappa shape index (κ3) is 4.33. The summed E-state index contributed by atoms with van der Waals surface area (Å²) >= 11 is 0. The minimum absolute atomic E-state index is 0.670. The van der Waals surface area contributed by atoms with Crippen LogP contribution in [0.3, 0.4) is 0 Å². The van der Waals surface area contributed by atoms with Crippen LogP contribution in [0.15, 0.2) is 79.0 Å². The number of ether oxygens (including phenoxy) is 1. The molecule has 0 bridgehead atoms. The van der Waals surface area contributed by atoms with E-state index in [0.29, 0.717) is 6.61 Å². The van der Waals surface area contributed by atoms with Gasteiger partial charge in [-0.05, 0) is 30.2 Å². The highest BCUT2D eigenvalue weighted by molar-refractivity contribution is 5.70. The van der Waals surface area contributed by atoms with Gasteiger partial charge in [0.25, 0.3) is 0 Å². The summed E-state index contributed by atoms with van der Waals surface area (Å²) in [4.78, 5) is 4.24. The minimum Gasteiger partial charge on any atom is -0.493 e. The Hall–Kier alpha value is -2.81. The van der Waals surface area contributed by atoms with Gasteiger partial charge in [0.15, 0.2) is 0 Å². The van der Waals surface area contributed by atoms with E-state index in [0.717, 1.165) is 30.1 Å². The maximum Gasteiger partial charge on any atom is 0.127 e. The molecule has 3 heteroatoms. The fourth-order valence-electron chi connectivity index (χ4n) is 2.39. The second kappa shape index (κ2) is 7.99. The molecule has 116 valence electrons. The van der Waals surface area contributed by atoms with Crippen LogP contribution in [0.2, 0.25) is 0 Å². The van der Waals surface area contributed by atoms with E-state index < -0.39 is 0 Å². The first kappa shape index (κ1) is 15.1. The summed E-state index contributed by atoms with van der Waals surface area (Å²) in [5, 5.41) is 3.29. The Bertz CT molecular complexity index is 714. The molecular weight excluding hydrogens is 284 g/mol. The molecule has 3 nitrogen and oxygen atoms in total. The number of para-hydroxylation sites is 1. The molecule has 23 heavy (non-hydrogen) atoms. The zero-order valence-electron chi connectivity index (χ0n) is 13.0. The molecular formula is C20H20N2O. The van der Waals surface area contributed by atoms with Crippen LogP contribution < -0.4 is 10.1 Å². The molecule has 0 fully saturated rings. The number of aromatic nitrogens is 1.